The molecule has 0 bridgehead atoms. The van der Waals surface area contributed by atoms with Gasteiger partial charge in [0.2, 0.25) is 0 Å². The number of aromatic nitrogens is 2. The number of fused-ring (bicyclic) bond motifs is 3. The molecule has 0 radical (unpaired) electrons. The van der Waals surface area contributed by atoms with Crippen LogP contribution in [0, 0.1) is 6.92 Å². The zero-order valence-corrected chi connectivity index (χ0v) is 14.1. The maximum Gasteiger partial charge on any atom is 0.0964 e. The van der Waals surface area contributed by atoms with Crippen molar-refractivity contribution < 1.29 is 23.5 Å². The molecule has 3 nitrogen and oxygen atoms in total. The largest absolute Gasteiger partial charge is 0.254 e. The maximum absolute atomic E-state index is 4.61. The predicted octanol–water partition coefficient (Wildman–Crippen LogP) is 3.94. The average Bonchev–Trinajstić information content (AvgIpc) is 2.57. The molecular formula is C15H15ClN2OPt. The Balaban J connectivity index is 0.000000291. The van der Waals surface area contributed by atoms with E-state index in [9.17, 15) is 0 Å². The fourth-order valence-corrected chi connectivity index (χ4v) is 1.68. The minimum atomic E-state index is 0.569. The molecule has 0 atom stereocenters. The van der Waals surface area contributed by atoms with E-state index in [1.54, 1.807) is 38.3 Å². The fourth-order valence-electron chi connectivity index (χ4n) is 1.68. The number of hydrogen-bond acceptors (Lipinski definition) is 3. The van der Waals surface area contributed by atoms with Crippen molar-refractivity contribution in [3.05, 3.63) is 55.7 Å². The van der Waals surface area contributed by atoms with E-state index in [4.69, 9.17) is 0 Å². The Morgan fingerprint density at radius 3 is 1.75 bits per heavy atom. The van der Waals surface area contributed by atoms with E-state index in [1.807, 2.05) is 12.1 Å². The van der Waals surface area contributed by atoms with E-state index >= 15 is 0 Å². The summed E-state index contributed by atoms with van der Waals surface area (Å²) < 4.78 is 4.43. The topological polar surface area (TPSA) is 35.0 Å². The first-order valence-corrected chi connectivity index (χ1v) is 8.67. The second-order valence-corrected chi connectivity index (χ2v) is 3.71. The van der Waals surface area contributed by atoms with E-state index in [0.717, 1.165) is 21.8 Å². The number of pyridine rings is 2. The van der Waals surface area contributed by atoms with Crippen LogP contribution in [0.4, 0.5) is 0 Å². The van der Waals surface area contributed by atoms with Crippen molar-refractivity contribution in [1.82, 2.24) is 9.97 Å². The summed E-state index contributed by atoms with van der Waals surface area (Å²) in [4.78, 5) is 8.69. The second-order valence-electron chi connectivity index (χ2n) is 3.71. The summed E-state index contributed by atoms with van der Waals surface area (Å²) in [5, 5.41) is 2.28. The summed E-state index contributed by atoms with van der Waals surface area (Å²) in [6.45, 7) is 3.95. The SMILES string of the molecule is [CH2-]COC.[Cl][Pt+].c1cnc2c(c1)ccc1cccnc12. The van der Waals surface area contributed by atoms with Crippen molar-refractivity contribution in [2.24, 2.45) is 0 Å². The molecule has 20 heavy (non-hydrogen) atoms. The van der Waals surface area contributed by atoms with E-state index in [0.29, 0.717) is 6.61 Å². The van der Waals surface area contributed by atoms with Gasteiger partial charge in [0.15, 0.2) is 0 Å². The van der Waals surface area contributed by atoms with Crippen LogP contribution in [0.25, 0.3) is 21.8 Å². The van der Waals surface area contributed by atoms with Crippen LogP contribution in [0.5, 0.6) is 0 Å². The Morgan fingerprint density at radius 2 is 1.40 bits per heavy atom. The number of halogens is 1. The summed E-state index contributed by atoms with van der Waals surface area (Å²) in [6, 6.07) is 12.1. The van der Waals surface area contributed by atoms with Gasteiger partial charge in [-0.25, -0.2) is 0 Å². The first-order chi connectivity index (χ1) is 9.86. The van der Waals surface area contributed by atoms with Crippen LogP contribution in [-0.4, -0.2) is 23.7 Å². The molecule has 0 saturated heterocycles. The van der Waals surface area contributed by atoms with Crippen LogP contribution in [0.2, 0.25) is 0 Å². The van der Waals surface area contributed by atoms with Gasteiger partial charge in [-0.1, -0.05) is 30.9 Å². The number of nitrogens with zero attached hydrogens (tertiary/aromatic N) is 2. The summed E-state index contributed by atoms with van der Waals surface area (Å²) in [6.07, 6.45) is 3.60. The predicted molar refractivity (Wildman–Crippen MR) is 80.1 cm³/mol. The second kappa shape index (κ2) is 9.82. The monoisotopic (exact) mass is 469 g/mol. The Hall–Kier alpha value is -1.02. The Kier molecular flexibility index (Phi) is 8.36. The Labute approximate surface area is 134 Å². The van der Waals surface area contributed by atoms with Crippen LogP contribution < -0.4 is 0 Å². The molecule has 2 heterocycles. The zero-order chi connectivity index (χ0) is 14.8. The zero-order valence-electron chi connectivity index (χ0n) is 11.0. The van der Waals surface area contributed by atoms with Crippen molar-refractivity contribution in [2.75, 3.05) is 13.7 Å². The van der Waals surface area contributed by atoms with E-state index in [2.05, 4.69) is 55.3 Å². The van der Waals surface area contributed by atoms with Gasteiger partial charge in [0, 0.05) is 30.3 Å². The van der Waals surface area contributed by atoms with E-state index in [1.165, 1.54) is 0 Å². The molecule has 0 saturated carbocycles. The molecule has 0 aliphatic carbocycles. The minimum Gasteiger partial charge on any atom is -0.254 e. The third kappa shape index (κ3) is 4.52. The first kappa shape index (κ1) is 17.0. The molecular weight excluding hydrogens is 455 g/mol. The van der Waals surface area contributed by atoms with E-state index in [-0.39, 0.29) is 0 Å². The van der Waals surface area contributed by atoms with Gasteiger partial charge in [-0.05, 0) is 12.1 Å². The van der Waals surface area contributed by atoms with E-state index < -0.39 is 0 Å². The van der Waals surface area contributed by atoms with Crippen molar-refractivity contribution in [2.45, 2.75) is 0 Å². The van der Waals surface area contributed by atoms with Gasteiger partial charge in [0.25, 0.3) is 0 Å². The van der Waals surface area contributed by atoms with Crippen molar-refractivity contribution in [3.63, 3.8) is 0 Å². The van der Waals surface area contributed by atoms with Gasteiger partial charge in [-0.3, -0.25) is 9.97 Å². The molecule has 0 spiro atoms. The van der Waals surface area contributed by atoms with Gasteiger partial charge in [-0.15, -0.1) is 0 Å². The molecule has 3 aromatic rings. The fraction of sp³-hybridized carbons (Fsp3) is 0.133. The quantitative estimate of drug-likeness (QED) is 0.400. The van der Waals surface area contributed by atoms with Crippen molar-refractivity contribution in [3.8, 4) is 0 Å². The van der Waals surface area contributed by atoms with Gasteiger partial charge in [-0.2, -0.15) is 0 Å². The molecule has 0 N–H and O–H groups in total. The number of rotatable bonds is 1. The first-order valence-electron chi connectivity index (χ1n) is 5.85. The third-order valence-electron chi connectivity index (χ3n) is 2.55. The molecule has 5 heteroatoms. The van der Waals surface area contributed by atoms with Gasteiger partial charge < -0.3 is 11.7 Å². The third-order valence-corrected chi connectivity index (χ3v) is 2.55. The maximum atomic E-state index is 4.61. The molecule has 0 unspecified atom stereocenters. The molecule has 0 aliphatic heterocycles. The summed E-state index contributed by atoms with van der Waals surface area (Å²) in [5.74, 6) is 0. The van der Waals surface area contributed by atoms with Crippen LogP contribution in [0.3, 0.4) is 0 Å². The van der Waals surface area contributed by atoms with Crippen molar-refractivity contribution in [1.29, 1.82) is 0 Å². The molecule has 0 fully saturated rings. The minimum absolute atomic E-state index is 0.569. The van der Waals surface area contributed by atoms with Gasteiger partial charge in [0.1, 0.15) is 0 Å². The number of benzene rings is 1. The Morgan fingerprint density at radius 1 is 1.00 bits per heavy atom. The standard InChI is InChI=1S/C12H8N2.C3H7O.ClH.Pt/c1-3-9-5-6-10-4-2-8-14-12(10)11(9)13-7-1;1-3-4-2;;/h1-8H;1,3H2,2H3;1H;/q;-1;;+2/p-1. The summed E-state index contributed by atoms with van der Waals surface area (Å²) in [5.41, 5.74) is 1.95. The summed E-state index contributed by atoms with van der Waals surface area (Å²) in [7, 11) is 6.23. The average molecular weight is 470 g/mol. The van der Waals surface area contributed by atoms with Gasteiger partial charge >= 0.3 is 28.2 Å². The molecule has 1 aromatic carbocycles. The van der Waals surface area contributed by atoms with Crippen LogP contribution >= 0.6 is 9.42 Å². The van der Waals surface area contributed by atoms with Crippen molar-refractivity contribution >= 4 is 31.2 Å². The number of methoxy groups -OCH3 is 1. The number of ether oxygens (including phenoxy) is 1. The number of hydrogen-bond donors (Lipinski definition) is 0. The normalized spacial score (nSPS) is 9.45. The van der Waals surface area contributed by atoms with Crippen LogP contribution in [0.1, 0.15) is 0 Å². The molecule has 108 valence electrons. The van der Waals surface area contributed by atoms with Crippen LogP contribution in [0.15, 0.2) is 48.8 Å². The smallest absolute Gasteiger partial charge is 0.0964 e. The van der Waals surface area contributed by atoms with Crippen LogP contribution in [-0.2, 0) is 23.5 Å². The summed E-state index contributed by atoms with van der Waals surface area (Å²) >= 11 is 1.61. The van der Waals surface area contributed by atoms with Gasteiger partial charge in [0.05, 0.1) is 11.0 Å². The molecule has 3 rings (SSSR count). The molecule has 2 aromatic heterocycles. The molecule has 0 aliphatic rings. The Bertz CT molecular complexity index is 592. The molecule has 0 amide bonds.